The molecule has 0 radical (unpaired) electrons. The van der Waals surface area contributed by atoms with Gasteiger partial charge in [0.25, 0.3) is 0 Å². The highest BCUT2D eigenvalue weighted by atomic mass is 32.2. The molecule has 0 aromatic heterocycles. The summed E-state index contributed by atoms with van der Waals surface area (Å²) in [5, 5.41) is 0.860. The summed E-state index contributed by atoms with van der Waals surface area (Å²) in [6, 6.07) is 0. The first-order valence-corrected chi connectivity index (χ1v) is 6.00. The highest BCUT2D eigenvalue weighted by molar-refractivity contribution is 7.87. The van der Waals surface area contributed by atoms with Crippen LogP contribution < -0.4 is 0 Å². The largest absolute Gasteiger partial charge is 0.268 e. The average Bonchev–Trinajstić information content (AvgIpc) is 2.05. The second kappa shape index (κ2) is 4.24. The van der Waals surface area contributed by atoms with Crippen molar-refractivity contribution in [2.24, 2.45) is 10.3 Å². The SMILES string of the molecule is CCC1CCCS(=NC)C1C. The normalized spacial score (nSPS) is 39.4. The maximum absolute atomic E-state index is 4.45. The molecule has 1 aliphatic rings. The topological polar surface area (TPSA) is 12.4 Å². The van der Waals surface area contributed by atoms with Crippen LogP contribution in [-0.2, 0) is 10.7 Å². The van der Waals surface area contributed by atoms with Crippen LogP contribution in [0.3, 0.4) is 0 Å². The van der Waals surface area contributed by atoms with Crippen molar-refractivity contribution in [3.05, 3.63) is 0 Å². The summed E-state index contributed by atoms with van der Waals surface area (Å²) in [6.45, 7) is 4.69. The molecular formula is C9H19NS. The van der Waals surface area contributed by atoms with Crippen LogP contribution in [0.15, 0.2) is 4.36 Å². The van der Waals surface area contributed by atoms with Crippen molar-refractivity contribution >= 4 is 10.7 Å². The quantitative estimate of drug-likeness (QED) is 0.578. The lowest BCUT2D eigenvalue weighted by Gasteiger charge is -2.30. The molecule has 66 valence electrons. The van der Waals surface area contributed by atoms with Crippen molar-refractivity contribution in [1.29, 1.82) is 0 Å². The van der Waals surface area contributed by atoms with E-state index in [1.165, 1.54) is 25.0 Å². The van der Waals surface area contributed by atoms with Gasteiger partial charge in [-0.1, -0.05) is 31.0 Å². The second-order valence-electron chi connectivity index (χ2n) is 3.30. The molecular weight excluding hydrogens is 154 g/mol. The molecule has 0 bridgehead atoms. The molecule has 1 aliphatic heterocycles. The van der Waals surface area contributed by atoms with Crippen LogP contribution in [0.5, 0.6) is 0 Å². The number of hydrogen-bond acceptors (Lipinski definition) is 1. The Morgan fingerprint density at radius 1 is 1.55 bits per heavy atom. The van der Waals surface area contributed by atoms with Crippen molar-refractivity contribution in [3.63, 3.8) is 0 Å². The van der Waals surface area contributed by atoms with Gasteiger partial charge in [0.05, 0.1) is 0 Å². The Hall–Kier alpha value is 0.150. The highest BCUT2D eigenvalue weighted by Gasteiger charge is 2.23. The molecule has 3 unspecified atom stereocenters. The van der Waals surface area contributed by atoms with Gasteiger partial charge in [-0.05, 0) is 18.8 Å². The van der Waals surface area contributed by atoms with Crippen LogP contribution in [0.4, 0.5) is 0 Å². The van der Waals surface area contributed by atoms with Crippen molar-refractivity contribution in [2.45, 2.75) is 38.4 Å². The van der Waals surface area contributed by atoms with Crippen molar-refractivity contribution in [2.75, 3.05) is 12.8 Å². The average molecular weight is 173 g/mol. The molecule has 0 aromatic carbocycles. The highest BCUT2D eigenvalue weighted by Crippen LogP contribution is 2.26. The van der Waals surface area contributed by atoms with Gasteiger partial charge in [0, 0.05) is 18.1 Å². The molecule has 0 aliphatic carbocycles. The van der Waals surface area contributed by atoms with E-state index in [0.29, 0.717) is 10.7 Å². The zero-order chi connectivity index (χ0) is 8.27. The monoisotopic (exact) mass is 173 g/mol. The lowest BCUT2D eigenvalue weighted by atomic mass is 9.97. The molecule has 1 nitrogen and oxygen atoms in total. The van der Waals surface area contributed by atoms with E-state index < -0.39 is 0 Å². The molecule has 2 heteroatoms. The minimum atomic E-state index is 0.399. The fourth-order valence-corrected chi connectivity index (χ4v) is 4.05. The standard InChI is InChI=1S/C9H19NS/c1-4-9-6-5-7-11(10-3)8(9)2/h8-9H,4-7H2,1-3H3. The van der Waals surface area contributed by atoms with E-state index in [0.717, 1.165) is 11.2 Å². The van der Waals surface area contributed by atoms with Crippen LogP contribution in [0.25, 0.3) is 0 Å². The zero-order valence-corrected chi connectivity index (χ0v) is 8.66. The predicted octanol–water partition coefficient (Wildman–Crippen LogP) is 2.63. The summed E-state index contributed by atoms with van der Waals surface area (Å²) >= 11 is 0. The van der Waals surface area contributed by atoms with E-state index in [4.69, 9.17) is 0 Å². The van der Waals surface area contributed by atoms with Gasteiger partial charge in [0.15, 0.2) is 0 Å². The smallest absolute Gasteiger partial charge is 0.0346 e. The van der Waals surface area contributed by atoms with E-state index in [1.807, 2.05) is 7.05 Å². The van der Waals surface area contributed by atoms with E-state index in [1.54, 1.807) is 0 Å². The second-order valence-corrected chi connectivity index (χ2v) is 5.62. The summed E-state index contributed by atoms with van der Waals surface area (Å²) in [7, 11) is 2.38. The fourth-order valence-electron chi connectivity index (χ4n) is 1.93. The predicted molar refractivity (Wildman–Crippen MR) is 53.1 cm³/mol. The molecule has 11 heavy (non-hydrogen) atoms. The van der Waals surface area contributed by atoms with E-state index in [-0.39, 0.29) is 0 Å². The Morgan fingerprint density at radius 3 is 2.82 bits per heavy atom. The van der Waals surface area contributed by atoms with Gasteiger partial charge in [0.2, 0.25) is 0 Å². The summed E-state index contributed by atoms with van der Waals surface area (Å²) in [5.74, 6) is 2.31. The van der Waals surface area contributed by atoms with E-state index >= 15 is 0 Å². The minimum Gasteiger partial charge on any atom is -0.268 e. The lowest BCUT2D eigenvalue weighted by molar-refractivity contribution is 0.447. The Labute approximate surface area is 72.7 Å². The van der Waals surface area contributed by atoms with Crippen molar-refractivity contribution in [1.82, 2.24) is 0 Å². The van der Waals surface area contributed by atoms with Gasteiger partial charge in [-0.2, -0.15) is 0 Å². The summed E-state index contributed by atoms with van der Waals surface area (Å²) in [5.41, 5.74) is 0. The maximum atomic E-state index is 4.45. The van der Waals surface area contributed by atoms with Gasteiger partial charge >= 0.3 is 0 Å². The van der Waals surface area contributed by atoms with E-state index in [9.17, 15) is 0 Å². The Balaban J connectivity index is 2.59. The Morgan fingerprint density at radius 2 is 2.27 bits per heavy atom. The third-order valence-electron chi connectivity index (χ3n) is 2.78. The van der Waals surface area contributed by atoms with Gasteiger partial charge in [-0.25, -0.2) is 0 Å². The minimum absolute atomic E-state index is 0.399. The van der Waals surface area contributed by atoms with Crippen LogP contribution in [0.2, 0.25) is 0 Å². The first-order valence-electron chi connectivity index (χ1n) is 4.59. The first kappa shape index (κ1) is 9.24. The maximum Gasteiger partial charge on any atom is 0.0346 e. The molecule has 1 heterocycles. The van der Waals surface area contributed by atoms with Crippen LogP contribution in [0.1, 0.15) is 33.1 Å². The Bertz CT molecular complexity index is 154. The van der Waals surface area contributed by atoms with E-state index in [2.05, 4.69) is 18.2 Å². The fraction of sp³-hybridized carbons (Fsp3) is 1.00. The molecule has 0 saturated carbocycles. The van der Waals surface area contributed by atoms with Gasteiger partial charge in [-0.15, -0.1) is 0 Å². The molecule has 0 amide bonds. The number of hydrogen-bond donors (Lipinski definition) is 0. The molecule has 1 fully saturated rings. The van der Waals surface area contributed by atoms with Crippen LogP contribution in [0, 0.1) is 5.92 Å². The van der Waals surface area contributed by atoms with Gasteiger partial charge in [0.1, 0.15) is 0 Å². The third-order valence-corrected chi connectivity index (χ3v) is 5.20. The number of nitrogens with zero attached hydrogens (tertiary/aromatic N) is 1. The lowest BCUT2D eigenvalue weighted by Crippen LogP contribution is -2.28. The van der Waals surface area contributed by atoms with Crippen LogP contribution >= 0.6 is 0 Å². The summed E-state index contributed by atoms with van der Waals surface area (Å²) in [4.78, 5) is 0. The molecule has 1 saturated heterocycles. The van der Waals surface area contributed by atoms with Crippen molar-refractivity contribution < 1.29 is 0 Å². The van der Waals surface area contributed by atoms with Crippen molar-refractivity contribution in [3.8, 4) is 0 Å². The molecule has 0 spiro atoms. The third kappa shape index (κ3) is 2.05. The van der Waals surface area contributed by atoms with Gasteiger partial charge in [-0.3, -0.25) is 4.36 Å². The summed E-state index contributed by atoms with van der Waals surface area (Å²) in [6.07, 6.45) is 4.19. The Kier molecular flexibility index (Phi) is 3.57. The summed E-state index contributed by atoms with van der Waals surface area (Å²) < 4.78 is 4.45. The van der Waals surface area contributed by atoms with Gasteiger partial charge < -0.3 is 0 Å². The van der Waals surface area contributed by atoms with Crippen LogP contribution in [-0.4, -0.2) is 18.1 Å². The zero-order valence-electron chi connectivity index (χ0n) is 7.84. The number of rotatable bonds is 1. The molecule has 1 rings (SSSR count). The molecule has 3 atom stereocenters. The molecule has 0 N–H and O–H groups in total. The first-order chi connectivity index (χ1) is 5.29. The molecule has 0 aromatic rings.